The summed E-state index contributed by atoms with van der Waals surface area (Å²) in [5.41, 5.74) is 10.8. The van der Waals surface area contributed by atoms with Crippen LogP contribution in [0.25, 0.3) is 22.3 Å². The molecule has 4 rings (SSSR count). The van der Waals surface area contributed by atoms with Crippen molar-refractivity contribution in [3.63, 3.8) is 0 Å². The Bertz CT molecular complexity index is 1560. The van der Waals surface area contributed by atoms with E-state index in [9.17, 15) is 15.3 Å². The number of rotatable bonds is 16. The molecule has 5 nitrogen and oxygen atoms in total. The topological polar surface area (TPSA) is 83.1 Å². The summed E-state index contributed by atoms with van der Waals surface area (Å²) in [4.78, 5) is 10.6. The average Bonchev–Trinajstić information content (AvgIpc) is 3.02. The molecule has 1 aliphatic carbocycles. The molecular formula is C39H46N2O3. The van der Waals surface area contributed by atoms with Gasteiger partial charge in [0.1, 0.15) is 29.9 Å². The Morgan fingerprint density at radius 2 is 1.50 bits per heavy atom. The molecule has 0 unspecified atom stereocenters. The minimum absolute atomic E-state index is 0.481. The maximum atomic E-state index is 10.6. The molecule has 44 heavy (non-hydrogen) atoms. The van der Waals surface area contributed by atoms with Crippen molar-refractivity contribution < 1.29 is 14.3 Å². The zero-order valence-corrected chi connectivity index (χ0v) is 27.0. The van der Waals surface area contributed by atoms with Gasteiger partial charge >= 0.3 is 0 Å². The fourth-order valence-electron chi connectivity index (χ4n) is 6.57. The number of hydrogen-bond donors (Lipinski definition) is 0. The monoisotopic (exact) mass is 590 g/mol. The number of unbranched alkanes of at least 4 members (excludes halogenated alkanes) is 6. The lowest BCUT2D eigenvalue weighted by molar-refractivity contribution is -0.107. The van der Waals surface area contributed by atoms with E-state index in [-0.39, 0.29) is 0 Å². The fourth-order valence-corrected chi connectivity index (χ4v) is 6.57. The van der Waals surface area contributed by atoms with Gasteiger partial charge in [0, 0.05) is 6.42 Å². The van der Waals surface area contributed by atoms with Gasteiger partial charge in [-0.2, -0.15) is 10.5 Å². The van der Waals surface area contributed by atoms with Gasteiger partial charge in [-0.25, -0.2) is 0 Å². The number of fused-ring (bicyclic) bond motifs is 3. The van der Waals surface area contributed by atoms with Crippen LogP contribution in [0.4, 0.5) is 0 Å². The van der Waals surface area contributed by atoms with Crippen molar-refractivity contribution in [3.05, 3.63) is 69.3 Å². The van der Waals surface area contributed by atoms with Crippen LogP contribution in [0.15, 0.2) is 30.3 Å². The Balaban J connectivity index is 1.80. The molecular weight excluding hydrogens is 544 g/mol. The van der Waals surface area contributed by atoms with Gasteiger partial charge in [0.15, 0.2) is 0 Å². The molecule has 0 fully saturated rings. The third-order valence-electron chi connectivity index (χ3n) is 8.73. The second kappa shape index (κ2) is 16.1. The predicted octanol–water partition coefficient (Wildman–Crippen LogP) is 9.53. The summed E-state index contributed by atoms with van der Waals surface area (Å²) in [5, 5.41) is 20.5. The van der Waals surface area contributed by atoms with Crippen molar-refractivity contribution in [1.82, 2.24) is 0 Å². The van der Waals surface area contributed by atoms with Crippen molar-refractivity contribution in [2.45, 2.75) is 105 Å². The van der Waals surface area contributed by atoms with Crippen LogP contribution >= 0.6 is 0 Å². The molecule has 0 spiro atoms. The van der Waals surface area contributed by atoms with Crippen LogP contribution in [0.3, 0.4) is 0 Å². The van der Waals surface area contributed by atoms with Crippen molar-refractivity contribution >= 4 is 6.29 Å². The first-order chi connectivity index (χ1) is 21.5. The third kappa shape index (κ3) is 7.34. The number of aldehydes is 1. The molecule has 0 aromatic heterocycles. The summed E-state index contributed by atoms with van der Waals surface area (Å²) in [6.07, 6.45) is 12.4. The number of aryl methyl sites for hydroxylation is 3. The van der Waals surface area contributed by atoms with Gasteiger partial charge in [-0.3, -0.25) is 0 Å². The summed E-state index contributed by atoms with van der Waals surface area (Å²) < 4.78 is 12.3. The molecule has 0 N–H and O–H groups in total. The van der Waals surface area contributed by atoms with Gasteiger partial charge in [0.25, 0.3) is 0 Å². The van der Waals surface area contributed by atoms with Crippen LogP contribution in [0.2, 0.25) is 0 Å². The Hall–Kier alpha value is -4.09. The van der Waals surface area contributed by atoms with Crippen LogP contribution in [0.5, 0.6) is 11.5 Å². The second-order valence-corrected chi connectivity index (χ2v) is 11.9. The zero-order chi connectivity index (χ0) is 31.5. The quantitative estimate of drug-likeness (QED) is 0.123. The van der Waals surface area contributed by atoms with Gasteiger partial charge in [-0.1, -0.05) is 45.6 Å². The molecule has 0 saturated heterocycles. The smallest absolute Gasteiger partial charge is 0.119 e. The van der Waals surface area contributed by atoms with E-state index in [0.29, 0.717) is 30.6 Å². The van der Waals surface area contributed by atoms with E-state index >= 15 is 0 Å². The number of ether oxygens (including phenoxy) is 2. The van der Waals surface area contributed by atoms with Gasteiger partial charge in [0.05, 0.1) is 24.3 Å². The molecule has 0 saturated carbocycles. The first-order valence-corrected chi connectivity index (χ1v) is 16.4. The standard InChI is InChI=1S/C39H46N2O3/c1-5-7-8-12-20-43-31-16-18-33-29(23-31)15-17-34-36(26-41)35(25-40)28(4)38(39(33)34)37-27(3)22-32(24-30(37)14-6-2)44-21-13-10-9-11-19-42/h16,18-19,22-24H,5-15,17,20-21H2,1-4H3. The molecule has 0 heterocycles. The van der Waals surface area contributed by atoms with Crippen molar-refractivity contribution in [2.24, 2.45) is 0 Å². The molecule has 0 radical (unpaired) electrons. The maximum absolute atomic E-state index is 10.6. The molecule has 0 bridgehead atoms. The average molecular weight is 591 g/mol. The van der Waals surface area contributed by atoms with Gasteiger partial charge in [0.2, 0.25) is 0 Å². The number of benzene rings is 3. The predicted molar refractivity (Wildman–Crippen MR) is 177 cm³/mol. The van der Waals surface area contributed by atoms with Crippen LogP contribution in [0, 0.1) is 36.5 Å². The van der Waals surface area contributed by atoms with E-state index in [1.807, 2.05) is 6.92 Å². The largest absolute Gasteiger partial charge is 0.494 e. The van der Waals surface area contributed by atoms with Gasteiger partial charge in [-0.15, -0.1) is 0 Å². The van der Waals surface area contributed by atoms with Crippen LogP contribution in [-0.4, -0.2) is 19.5 Å². The van der Waals surface area contributed by atoms with E-state index in [2.05, 4.69) is 63.2 Å². The molecule has 0 aliphatic heterocycles. The Morgan fingerprint density at radius 1 is 0.773 bits per heavy atom. The highest BCUT2D eigenvalue weighted by atomic mass is 16.5. The highest BCUT2D eigenvalue weighted by Crippen LogP contribution is 2.48. The number of carbonyl (C=O) groups is 1. The van der Waals surface area contributed by atoms with E-state index < -0.39 is 0 Å². The van der Waals surface area contributed by atoms with Crippen LogP contribution in [0.1, 0.15) is 111 Å². The molecule has 230 valence electrons. The molecule has 5 heteroatoms. The molecule has 0 amide bonds. The molecule has 3 aromatic rings. The Kier molecular flexibility index (Phi) is 12.0. The van der Waals surface area contributed by atoms with Gasteiger partial charge < -0.3 is 14.3 Å². The lowest BCUT2D eigenvalue weighted by atomic mass is 9.74. The number of hydrogen-bond acceptors (Lipinski definition) is 5. The van der Waals surface area contributed by atoms with Gasteiger partial charge in [-0.05, 0) is 133 Å². The minimum atomic E-state index is 0.481. The highest BCUT2D eigenvalue weighted by Gasteiger charge is 2.29. The molecule has 0 atom stereocenters. The summed E-state index contributed by atoms with van der Waals surface area (Å²) in [6, 6.07) is 15.4. The summed E-state index contributed by atoms with van der Waals surface area (Å²) >= 11 is 0. The minimum Gasteiger partial charge on any atom is -0.494 e. The van der Waals surface area contributed by atoms with Crippen molar-refractivity contribution in [2.75, 3.05) is 13.2 Å². The van der Waals surface area contributed by atoms with Crippen molar-refractivity contribution in [3.8, 4) is 45.9 Å². The van der Waals surface area contributed by atoms with E-state index in [0.717, 1.165) is 108 Å². The van der Waals surface area contributed by atoms with Crippen LogP contribution < -0.4 is 9.47 Å². The summed E-state index contributed by atoms with van der Waals surface area (Å²) in [6.45, 7) is 9.85. The van der Waals surface area contributed by atoms with Crippen molar-refractivity contribution in [1.29, 1.82) is 10.5 Å². The second-order valence-electron chi connectivity index (χ2n) is 11.9. The summed E-state index contributed by atoms with van der Waals surface area (Å²) in [7, 11) is 0. The maximum Gasteiger partial charge on any atom is 0.119 e. The Morgan fingerprint density at radius 3 is 2.18 bits per heavy atom. The first kappa shape index (κ1) is 32.8. The normalized spacial score (nSPS) is 11.7. The van der Waals surface area contributed by atoms with E-state index in [4.69, 9.17) is 9.47 Å². The molecule has 3 aromatic carbocycles. The number of carbonyl (C=O) groups excluding carboxylic acids is 1. The lowest BCUT2D eigenvalue weighted by Crippen LogP contribution is -2.12. The number of nitriles is 2. The lowest BCUT2D eigenvalue weighted by Gasteiger charge is -2.29. The van der Waals surface area contributed by atoms with E-state index in [1.165, 1.54) is 30.4 Å². The number of nitrogens with zero attached hydrogens (tertiary/aromatic N) is 2. The Labute approximate surface area is 263 Å². The molecule has 1 aliphatic rings. The van der Waals surface area contributed by atoms with Crippen LogP contribution in [-0.2, 0) is 24.1 Å². The third-order valence-corrected chi connectivity index (χ3v) is 8.73. The highest BCUT2D eigenvalue weighted by molar-refractivity contribution is 5.95. The van der Waals surface area contributed by atoms with E-state index in [1.54, 1.807) is 0 Å². The first-order valence-electron chi connectivity index (χ1n) is 16.4. The zero-order valence-electron chi connectivity index (χ0n) is 27.0. The SMILES string of the molecule is CCCCCCOc1ccc2c(c1)CCc1c(C#N)c(C#N)c(C)c(-c3c(C)cc(OCCCCCC=O)cc3CCC)c1-2. The fraction of sp³-hybridized carbons (Fsp3) is 0.462. The summed E-state index contributed by atoms with van der Waals surface area (Å²) in [5.74, 6) is 1.75.